The van der Waals surface area contributed by atoms with Gasteiger partial charge in [0.25, 0.3) is 5.91 Å². The van der Waals surface area contributed by atoms with Crippen molar-refractivity contribution < 1.29 is 19.6 Å². The molecule has 5 aliphatic rings. The van der Waals surface area contributed by atoms with Gasteiger partial charge in [-0.15, -0.1) is 0 Å². The van der Waals surface area contributed by atoms with Crippen molar-refractivity contribution in [2.24, 2.45) is 28.3 Å². The zero-order valence-corrected chi connectivity index (χ0v) is 22.6. The minimum Gasteiger partial charge on any atom is -0.410 e. The lowest BCUT2D eigenvalue weighted by atomic mass is 9.88. The summed E-state index contributed by atoms with van der Waals surface area (Å²) >= 11 is 0. The molecule has 4 amide bonds. The molecule has 6 rings (SSSR count). The number of rotatable bonds is 9. The van der Waals surface area contributed by atoms with E-state index in [9.17, 15) is 24.9 Å². The highest BCUT2D eigenvalue weighted by molar-refractivity contribution is 6.65. The van der Waals surface area contributed by atoms with Crippen LogP contribution in [-0.2, 0) is 22.4 Å². The molecule has 3 saturated carbocycles. The monoisotopic (exact) mass is 545 g/mol. The quantitative estimate of drug-likeness (QED) is 0.182. The molecule has 1 unspecified atom stereocenters. The topological polar surface area (TPSA) is 171 Å². The second kappa shape index (κ2) is 9.61. The van der Waals surface area contributed by atoms with E-state index in [1.807, 2.05) is 12.1 Å². The smallest absolute Gasteiger partial charge is 0.318 e. The van der Waals surface area contributed by atoms with Crippen LogP contribution in [0.1, 0.15) is 56.6 Å². The number of anilines is 1. The molecule has 0 radical (unpaired) electrons. The van der Waals surface area contributed by atoms with Crippen molar-refractivity contribution in [1.82, 2.24) is 15.5 Å². The van der Waals surface area contributed by atoms with E-state index in [1.54, 1.807) is 11.0 Å². The van der Waals surface area contributed by atoms with Gasteiger partial charge in [-0.05, 0) is 86.5 Å². The lowest BCUT2D eigenvalue weighted by Crippen LogP contribution is -2.61. The minimum absolute atomic E-state index is 0.0250. The molecule has 5 N–H and O–H groups in total. The third-order valence-corrected chi connectivity index (χ3v) is 9.43. The summed E-state index contributed by atoms with van der Waals surface area (Å²) in [7, 11) is 0. The van der Waals surface area contributed by atoms with E-state index in [1.165, 1.54) is 6.92 Å². The van der Waals surface area contributed by atoms with Gasteiger partial charge in [-0.1, -0.05) is 11.2 Å². The van der Waals surface area contributed by atoms with E-state index >= 15 is 0 Å². The Labute approximate surface area is 232 Å². The minimum atomic E-state index is -0.963. The van der Waals surface area contributed by atoms with Crippen LogP contribution in [0.25, 0.3) is 0 Å². The predicted molar refractivity (Wildman–Crippen MR) is 146 cm³/mol. The predicted octanol–water partition coefficient (Wildman–Crippen LogP) is 2.58. The number of nitrogens with one attached hydrogen (secondary N) is 4. The fourth-order valence-electron chi connectivity index (χ4n) is 6.69. The van der Waals surface area contributed by atoms with E-state index in [0.29, 0.717) is 43.5 Å². The number of oxime groups is 1. The van der Waals surface area contributed by atoms with Crippen LogP contribution >= 0.6 is 0 Å². The van der Waals surface area contributed by atoms with Crippen molar-refractivity contribution in [2.45, 2.75) is 69.9 Å². The second-order valence-electron chi connectivity index (χ2n) is 12.5. The van der Waals surface area contributed by atoms with Gasteiger partial charge in [0.1, 0.15) is 11.6 Å². The highest BCUT2D eigenvalue weighted by Gasteiger charge is 2.55. The number of fused-ring (bicyclic) bond motifs is 1. The lowest BCUT2D eigenvalue weighted by Gasteiger charge is -2.42. The molecule has 4 aliphatic carbocycles. The van der Waals surface area contributed by atoms with Crippen molar-refractivity contribution in [1.29, 1.82) is 10.7 Å². The molecule has 11 nitrogen and oxygen atoms in total. The summed E-state index contributed by atoms with van der Waals surface area (Å²) in [5.41, 5.74) is 0.969. The third-order valence-electron chi connectivity index (χ3n) is 9.43. The summed E-state index contributed by atoms with van der Waals surface area (Å²) in [5, 5.41) is 39.0. The molecule has 40 heavy (non-hydrogen) atoms. The summed E-state index contributed by atoms with van der Waals surface area (Å²) in [6.07, 6.45) is 6.95. The molecule has 1 saturated heterocycles. The SMILES string of the molecule is CC(=N)/C(=N\O)C(=O)N[C@H](C(=O)Nc1ccc2c(c1)CC(C#N)(N1CC3(CC3)CNC1=O)C2)C(C1CC1)C1CC1. The van der Waals surface area contributed by atoms with Gasteiger partial charge in [-0.3, -0.25) is 9.59 Å². The van der Waals surface area contributed by atoms with E-state index in [4.69, 9.17) is 5.41 Å². The van der Waals surface area contributed by atoms with Gasteiger partial charge >= 0.3 is 6.03 Å². The molecule has 11 heteroatoms. The van der Waals surface area contributed by atoms with Crippen LogP contribution in [-0.4, -0.2) is 64.0 Å². The first-order valence-electron chi connectivity index (χ1n) is 14.2. The van der Waals surface area contributed by atoms with Crippen LogP contribution in [0.15, 0.2) is 23.4 Å². The van der Waals surface area contributed by atoms with Gasteiger partial charge in [-0.2, -0.15) is 5.26 Å². The third kappa shape index (κ3) is 4.80. The van der Waals surface area contributed by atoms with Gasteiger partial charge in [0.05, 0.1) is 11.8 Å². The molecule has 210 valence electrons. The zero-order chi connectivity index (χ0) is 28.2. The number of nitrogens with zero attached hydrogens (tertiary/aromatic N) is 3. The number of nitriles is 1. The maximum absolute atomic E-state index is 13.7. The maximum Gasteiger partial charge on any atom is 0.318 e. The fraction of sp³-hybridized carbons (Fsp3) is 0.586. The van der Waals surface area contributed by atoms with Crippen molar-refractivity contribution in [3.8, 4) is 6.07 Å². The van der Waals surface area contributed by atoms with Crippen LogP contribution in [0.2, 0.25) is 0 Å². The molecule has 0 bridgehead atoms. The van der Waals surface area contributed by atoms with Gasteiger partial charge in [0.15, 0.2) is 5.71 Å². The standard InChI is InChI=1S/C29H35N7O4/c1-16(31)23(35-40)25(37)34-24(22(17-2-3-17)18-4-5-18)26(38)33-21-7-6-19-11-29(13-30,12-20(19)10-21)36-15-28(8-9-28)14-32-27(36)39/h6-7,10,17-18,22,24,31,40H,2-5,8-9,11-12,14-15H2,1H3,(H,32,39)(H,33,38)(H,34,37)/b31-16?,35-23+/t24-,29?/m0/s1. The molecular formula is C29H35N7O4. The number of carbonyl (C=O) groups excluding carboxylic acids is 3. The summed E-state index contributed by atoms with van der Waals surface area (Å²) in [4.78, 5) is 41.1. The fourth-order valence-corrected chi connectivity index (χ4v) is 6.69. The zero-order valence-electron chi connectivity index (χ0n) is 22.6. The Kier molecular flexibility index (Phi) is 6.32. The summed E-state index contributed by atoms with van der Waals surface area (Å²) in [6.45, 7) is 2.61. The number of carbonyl (C=O) groups is 3. The lowest BCUT2D eigenvalue weighted by molar-refractivity contribution is -0.124. The summed E-state index contributed by atoms with van der Waals surface area (Å²) in [6, 6.07) is 6.99. The van der Waals surface area contributed by atoms with Gasteiger partial charge < -0.3 is 31.5 Å². The van der Waals surface area contributed by atoms with Crippen LogP contribution in [0.3, 0.4) is 0 Å². The molecule has 1 aromatic rings. The highest BCUT2D eigenvalue weighted by atomic mass is 16.4. The largest absolute Gasteiger partial charge is 0.410 e. The number of benzene rings is 1. The Morgan fingerprint density at radius 2 is 1.88 bits per heavy atom. The van der Waals surface area contributed by atoms with E-state index < -0.39 is 23.2 Å². The molecule has 2 atom stereocenters. The average Bonchev–Trinajstić information content (AvgIpc) is 3.80. The normalized spacial score (nSPS) is 25.6. The van der Waals surface area contributed by atoms with E-state index in [0.717, 1.165) is 49.7 Å². The van der Waals surface area contributed by atoms with E-state index in [2.05, 4.69) is 27.2 Å². The molecule has 1 aromatic carbocycles. The molecule has 4 fully saturated rings. The van der Waals surface area contributed by atoms with Gasteiger partial charge in [-0.25, -0.2) is 4.79 Å². The van der Waals surface area contributed by atoms with Gasteiger partial charge in [0.2, 0.25) is 5.91 Å². The van der Waals surface area contributed by atoms with Crippen molar-refractivity contribution in [3.63, 3.8) is 0 Å². The number of urea groups is 1. The van der Waals surface area contributed by atoms with Crippen molar-refractivity contribution in [3.05, 3.63) is 29.3 Å². The first kappa shape index (κ1) is 26.3. The Morgan fingerprint density at radius 1 is 1.20 bits per heavy atom. The second-order valence-corrected chi connectivity index (χ2v) is 12.5. The van der Waals surface area contributed by atoms with Crippen molar-refractivity contribution in [2.75, 3.05) is 18.4 Å². The molecule has 1 heterocycles. The Hall–Kier alpha value is -3.94. The number of hydrogen-bond acceptors (Lipinski definition) is 7. The highest BCUT2D eigenvalue weighted by Crippen LogP contribution is 2.51. The first-order chi connectivity index (χ1) is 19.2. The van der Waals surface area contributed by atoms with E-state index in [-0.39, 0.29) is 29.0 Å². The average molecular weight is 546 g/mol. The molecular weight excluding hydrogens is 510 g/mol. The molecule has 1 spiro atoms. The van der Waals surface area contributed by atoms with Crippen LogP contribution in [0.4, 0.5) is 10.5 Å². The van der Waals surface area contributed by atoms with Crippen molar-refractivity contribution >= 4 is 35.0 Å². The van der Waals surface area contributed by atoms with Gasteiger partial charge in [0, 0.05) is 37.0 Å². The Balaban J connectivity index is 1.21. The maximum atomic E-state index is 13.7. The molecule has 1 aliphatic heterocycles. The number of amides is 4. The van der Waals surface area contributed by atoms with Crippen LogP contribution < -0.4 is 16.0 Å². The first-order valence-corrected chi connectivity index (χ1v) is 14.2. The van der Waals surface area contributed by atoms with Crippen LogP contribution in [0, 0.1) is 39.9 Å². The molecule has 0 aromatic heterocycles. The summed E-state index contributed by atoms with van der Waals surface area (Å²) in [5.74, 6) is -0.431. The van der Waals surface area contributed by atoms with Crippen LogP contribution in [0.5, 0.6) is 0 Å². The summed E-state index contributed by atoms with van der Waals surface area (Å²) < 4.78 is 0. The Bertz CT molecular complexity index is 1340. The number of hydrogen-bond donors (Lipinski definition) is 5. The Morgan fingerprint density at radius 3 is 2.45 bits per heavy atom.